The lowest BCUT2D eigenvalue weighted by atomic mass is 10.2. The van der Waals surface area contributed by atoms with Crippen LogP contribution in [0.25, 0.3) is 11.4 Å². The molecule has 1 aromatic heterocycles. The Bertz CT molecular complexity index is 686. The van der Waals surface area contributed by atoms with Crippen molar-refractivity contribution in [1.29, 1.82) is 0 Å². The molecule has 0 spiro atoms. The van der Waals surface area contributed by atoms with Crippen LogP contribution in [0.2, 0.25) is 0 Å². The van der Waals surface area contributed by atoms with Gasteiger partial charge in [-0.15, -0.1) is 6.58 Å². The maximum Gasteiger partial charge on any atom is 0.199 e. The summed E-state index contributed by atoms with van der Waals surface area (Å²) >= 11 is 5.60. The first-order valence-electron chi connectivity index (χ1n) is 7.43. The third-order valence-corrected chi connectivity index (χ3v) is 4.14. The predicted octanol–water partition coefficient (Wildman–Crippen LogP) is 2.56. The number of aromatic nitrogens is 3. The number of ether oxygens (including phenoxy) is 1. The van der Waals surface area contributed by atoms with Crippen LogP contribution in [0, 0.1) is 4.77 Å². The number of morpholine rings is 1. The van der Waals surface area contributed by atoms with Crippen LogP contribution >= 0.6 is 12.2 Å². The Morgan fingerprint density at radius 1 is 1.23 bits per heavy atom. The third kappa shape index (κ3) is 3.19. The van der Waals surface area contributed by atoms with Crippen LogP contribution in [0.1, 0.15) is 0 Å². The van der Waals surface area contributed by atoms with Crippen LogP contribution in [-0.4, -0.2) is 45.6 Å². The number of benzene rings is 1. The van der Waals surface area contributed by atoms with E-state index in [0.29, 0.717) is 13.2 Å². The molecule has 3 rings (SSSR count). The molecule has 1 saturated heterocycles. The minimum absolute atomic E-state index is 0.659. The zero-order valence-corrected chi connectivity index (χ0v) is 13.3. The molecule has 1 fully saturated rings. The Hall–Kier alpha value is -1.76. The lowest BCUT2D eigenvalue weighted by Crippen LogP contribution is -2.37. The standard InChI is InChI=1S/C16H20N4OS/c1-2-8-19-15(14-6-4-3-5-7-14)17-20(16(19)22)13-18-9-11-21-12-10-18/h2-7H,1,8-13H2. The molecule has 0 amide bonds. The van der Waals surface area contributed by atoms with E-state index < -0.39 is 0 Å². The van der Waals surface area contributed by atoms with Gasteiger partial charge in [0.2, 0.25) is 0 Å². The van der Waals surface area contributed by atoms with E-state index in [4.69, 9.17) is 22.1 Å². The summed E-state index contributed by atoms with van der Waals surface area (Å²) in [7, 11) is 0. The summed E-state index contributed by atoms with van der Waals surface area (Å²) in [5, 5.41) is 4.74. The van der Waals surface area contributed by atoms with Gasteiger partial charge in [-0.1, -0.05) is 36.4 Å². The molecule has 0 bridgehead atoms. The van der Waals surface area contributed by atoms with E-state index >= 15 is 0 Å². The van der Waals surface area contributed by atoms with Crippen molar-refractivity contribution in [2.24, 2.45) is 0 Å². The lowest BCUT2D eigenvalue weighted by molar-refractivity contribution is 0.0209. The van der Waals surface area contributed by atoms with Crippen molar-refractivity contribution >= 4 is 12.2 Å². The van der Waals surface area contributed by atoms with E-state index in [1.54, 1.807) is 0 Å². The molecule has 0 aliphatic carbocycles. The Morgan fingerprint density at radius 3 is 2.64 bits per heavy atom. The molecule has 116 valence electrons. The Kier molecular flexibility index (Phi) is 4.82. The third-order valence-electron chi connectivity index (χ3n) is 3.70. The Morgan fingerprint density at radius 2 is 1.95 bits per heavy atom. The first-order chi connectivity index (χ1) is 10.8. The second-order valence-corrected chi connectivity index (χ2v) is 5.61. The number of nitrogens with zero attached hydrogens (tertiary/aromatic N) is 4. The van der Waals surface area contributed by atoms with Gasteiger partial charge in [-0.25, -0.2) is 4.68 Å². The molecule has 1 aliphatic rings. The maximum absolute atomic E-state index is 5.60. The van der Waals surface area contributed by atoms with Crippen molar-refractivity contribution in [3.8, 4) is 11.4 Å². The summed E-state index contributed by atoms with van der Waals surface area (Å²) in [5.41, 5.74) is 1.07. The maximum atomic E-state index is 5.60. The number of allylic oxidation sites excluding steroid dienone is 1. The molecular weight excluding hydrogens is 296 g/mol. The van der Waals surface area contributed by atoms with E-state index in [-0.39, 0.29) is 0 Å². The van der Waals surface area contributed by atoms with E-state index in [2.05, 4.69) is 23.6 Å². The van der Waals surface area contributed by atoms with Gasteiger partial charge in [0.15, 0.2) is 10.6 Å². The van der Waals surface area contributed by atoms with E-state index in [9.17, 15) is 0 Å². The summed E-state index contributed by atoms with van der Waals surface area (Å²) in [6.45, 7) is 8.55. The average molecular weight is 316 g/mol. The first-order valence-corrected chi connectivity index (χ1v) is 7.84. The van der Waals surface area contributed by atoms with Crippen LogP contribution in [0.5, 0.6) is 0 Å². The summed E-state index contributed by atoms with van der Waals surface area (Å²) in [6.07, 6.45) is 1.85. The normalized spacial score (nSPS) is 15.8. The fourth-order valence-corrected chi connectivity index (χ4v) is 2.82. The SMILES string of the molecule is C=CCn1c(-c2ccccc2)nn(CN2CCOCC2)c1=S. The van der Waals surface area contributed by atoms with Crippen LogP contribution in [0.3, 0.4) is 0 Å². The highest BCUT2D eigenvalue weighted by molar-refractivity contribution is 7.71. The molecule has 0 N–H and O–H groups in total. The van der Waals surface area contributed by atoms with Crippen molar-refractivity contribution in [3.63, 3.8) is 0 Å². The van der Waals surface area contributed by atoms with Gasteiger partial charge in [0.1, 0.15) is 0 Å². The highest BCUT2D eigenvalue weighted by atomic mass is 32.1. The van der Waals surface area contributed by atoms with Crippen LogP contribution in [0.15, 0.2) is 43.0 Å². The molecule has 0 radical (unpaired) electrons. The van der Waals surface area contributed by atoms with Gasteiger partial charge in [0.05, 0.1) is 19.9 Å². The number of hydrogen-bond donors (Lipinski definition) is 0. The quantitative estimate of drug-likeness (QED) is 0.627. The number of hydrogen-bond acceptors (Lipinski definition) is 4. The van der Waals surface area contributed by atoms with Crippen molar-refractivity contribution < 1.29 is 4.74 Å². The van der Waals surface area contributed by atoms with Gasteiger partial charge in [-0.2, -0.15) is 5.10 Å². The Balaban J connectivity index is 1.94. The fraction of sp³-hybridized carbons (Fsp3) is 0.375. The van der Waals surface area contributed by atoms with E-state index in [0.717, 1.165) is 42.5 Å². The first kappa shape index (κ1) is 15.1. The van der Waals surface area contributed by atoms with Crippen LogP contribution in [0.4, 0.5) is 0 Å². The zero-order chi connectivity index (χ0) is 15.4. The van der Waals surface area contributed by atoms with Crippen molar-refractivity contribution in [2.45, 2.75) is 13.2 Å². The molecule has 0 atom stereocenters. The van der Waals surface area contributed by atoms with Crippen molar-refractivity contribution in [2.75, 3.05) is 26.3 Å². The van der Waals surface area contributed by atoms with Gasteiger partial charge in [0, 0.05) is 25.2 Å². The van der Waals surface area contributed by atoms with Crippen LogP contribution < -0.4 is 0 Å². The molecule has 1 aliphatic heterocycles. The molecule has 1 aromatic carbocycles. The van der Waals surface area contributed by atoms with Gasteiger partial charge < -0.3 is 4.74 Å². The van der Waals surface area contributed by atoms with Gasteiger partial charge in [-0.05, 0) is 12.2 Å². The molecule has 0 saturated carbocycles. The molecule has 22 heavy (non-hydrogen) atoms. The molecule has 2 heterocycles. The molecular formula is C16H20N4OS. The van der Waals surface area contributed by atoms with Crippen LogP contribution in [-0.2, 0) is 18.0 Å². The molecule has 0 unspecified atom stereocenters. The average Bonchev–Trinajstić information content (AvgIpc) is 2.87. The van der Waals surface area contributed by atoms with E-state index in [1.165, 1.54) is 0 Å². The van der Waals surface area contributed by atoms with Gasteiger partial charge in [0.25, 0.3) is 0 Å². The van der Waals surface area contributed by atoms with E-state index in [1.807, 2.05) is 33.5 Å². The minimum Gasteiger partial charge on any atom is -0.379 e. The van der Waals surface area contributed by atoms with Gasteiger partial charge in [-0.3, -0.25) is 9.47 Å². The predicted molar refractivity (Wildman–Crippen MR) is 89.1 cm³/mol. The largest absolute Gasteiger partial charge is 0.379 e. The highest BCUT2D eigenvalue weighted by Gasteiger charge is 2.15. The molecule has 5 nitrogen and oxygen atoms in total. The van der Waals surface area contributed by atoms with Crippen molar-refractivity contribution in [3.05, 3.63) is 47.8 Å². The monoisotopic (exact) mass is 316 g/mol. The molecule has 6 heteroatoms. The summed E-state index contributed by atoms with van der Waals surface area (Å²) in [4.78, 5) is 2.30. The second-order valence-electron chi connectivity index (χ2n) is 5.24. The number of rotatable bonds is 5. The zero-order valence-electron chi connectivity index (χ0n) is 12.5. The minimum atomic E-state index is 0.659. The van der Waals surface area contributed by atoms with Crippen molar-refractivity contribution in [1.82, 2.24) is 19.2 Å². The second kappa shape index (κ2) is 7.00. The summed E-state index contributed by atoms with van der Waals surface area (Å²) < 4.78 is 10.0. The lowest BCUT2D eigenvalue weighted by Gasteiger charge is -2.26. The smallest absolute Gasteiger partial charge is 0.199 e. The summed E-state index contributed by atoms with van der Waals surface area (Å²) in [5.74, 6) is 0.888. The fourth-order valence-electron chi connectivity index (χ4n) is 2.56. The summed E-state index contributed by atoms with van der Waals surface area (Å²) in [6, 6.07) is 10.1. The van der Waals surface area contributed by atoms with Gasteiger partial charge >= 0.3 is 0 Å². The molecule has 2 aromatic rings. The Labute approximate surface area is 135 Å². The topological polar surface area (TPSA) is 35.2 Å². The highest BCUT2D eigenvalue weighted by Crippen LogP contribution is 2.18.